The fourth-order valence-electron chi connectivity index (χ4n) is 3.24. The summed E-state index contributed by atoms with van der Waals surface area (Å²) >= 11 is 0. The predicted molar refractivity (Wildman–Crippen MR) is 74.3 cm³/mol. The van der Waals surface area contributed by atoms with Gasteiger partial charge in [0.05, 0.1) is 5.70 Å². The number of rotatable bonds is 2. The zero-order valence-corrected chi connectivity index (χ0v) is 12.4. The molecule has 1 aliphatic carbocycles. The summed E-state index contributed by atoms with van der Waals surface area (Å²) in [4.78, 5) is 42.7. The monoisotopic (exact) mass is 301 g/mol. The molecule has 0 saturated carbocycles. The topological polar surface area (TPSA) is 81.3 Å². The maximum Gasteiger partial charge on any atom is 0.303 e. The molecule has 114 valence electrons. The van der Waals surface area contributed by atoms with Crippen molar-refractivity contribution in [1.29, 1.82) is 0 Å². The number of ether oxygens (including phenoxy) is 1. The lowest BCUT2D eigenvalue weighted by atomic mass is 9.95. The second-order valence-electron chi connectivity index (χ2n) is 5.82. The molecule has 22 heavy (non-hydrogen) atoms. The lowest BCUT2D eigenvalue weighted by Crippen LogP contribution is -2.26. The summed E-state index contributed by atoms with van der Waals surface area (Å²) in [6.07, 6.45) is 0.104. The lowest BCUT2D eigenvalue weighted by molar-refractivity contribution is -0.146. The van der Waals surface area contributed by atoms with Gasteiger partial charge in [0.2, 0.25) is 11.6 Å². The molecule has 2 aliphatic heterocycles. The molecule has 0 bridgehead atoms. The zero-order chi connectivity index (χ0) is 15.6. The van der Waals surface area contributed by atoms with Crippen LogP contribution in [0.1, 0.15) is 53.2 Å². The molecular formula is C15H15N3O4. The summed E-state index contributed by atoms with van der Waals surface area (Å²) in [5.41, 5.74) is 1.49. The van der Waals surface area contributed by atoms with E-state index in [1.807, 2.05) is 4.90 Å². The number of hydrogen-bond donors (Lipinski definition) is 0. The number of carbonyl (C=O) groups excluding carboxylic acids is 3. The van der Waals surface area contributed by atoms with Crippen molar-refractivity contribution in [2.45, 2.75) is 32.9 Å². The van der Waals surface area contributed by atoms with Crippen LogP contribution in [0.3, 0.4) is 0 Å². The Hall–Kier alpha value is -2.44. The van der Waals surface area contributed by atoms with Crippen molar-refractivity contribution < 1.29 is 19.1 Å². The summed E-state index contributed by atoms with van der Waals surface area (Å²) in [6, 6.07) is 0. The van der Waals surface area contributed by atoms with Gasteiger partial charge < -0.3 is 14.2 Å². The molecule has 0 amide bonds. The molecule has 0 radical (unpaired) electrons. The average molecular weight is 301 g/mol. The van der Waals surface area contributed by atoms with Crippen LogP contribution in [0.15, 0.2) is 11.3 Å². The van der Waals surface area contributed by atoms with Gasteiger partial charge in [-0.1, -0.05) is 0 Å². The molecule has 1 aromatic rings. The second-order valence-corrected chi connectivity index (χ2v) is 5.82. The van der Waals surface area contributed by atoms with Crippen LogP contribution in [0.2, 0.25) is 0 Å². The van der Waals surface area contributed by atoms with Crippen molar-refractivity contribution in [3.8, 4) is 0 Å². The Morgan fingerprint density at radius 1 is 1.23 bits per heavy atom. The minimum absolute atomic E-state index is 0.154. The molecule has 1 unspecified atom stereocenters. The van der Waals surface area contributed by atoms with E-state index in [0.29, 0.717) is 35.8 Å². The first-order valence-electron chi connectivity index (χ1n) is 7.32. The normalized spacial score (nSPS) is 22.8. The van der Waals surface area contributed by atoms with Gasteiger partial charge in [0, 0.05) is 38.6 Å². The SMILES string of the molecule is CC(=O)OC1CCn2c1nc1c2C(=O)C(C)=C(N2CC2)C1=O. The van der Waals surface area contributed by atoms with Gasteiger partial charge in [-0.2, -0.15) is 0 Å². The van der Waals surface area contributed by atoms with Crippen LogP contribution in [0.25, 0.3) is 0 Å². The molecule has 1 aromatic heterocycles. The molecule has 3 aliphatic rings. The fraction of sp³-hybridized carbons (Fsp3) is 0.467. The molecule has 4 rings (SSSR count). The Labute approximate surface area is 126 Å². The van der Waals surface area contributed by atoms with Gasteiger partial charge in [0.25, 0.3) is 0 Å². The Kier molecular flexibility index (Phi) is 2.58. The van der Waals surface area contributed by atoms with Crippen molar-refractivity contribution >= 4 is 17.5 Å². The highest BCUT2D eigenvalue weighted by Gasteiger charge is 2.43. The minimum Gasteiger partial charge on any atom is -0.454 e. The summed E-state index contributed by atoms with van der Waals surface area (Å²) < 4.78 is 6.96. The maximum absolute atomic E-state index is 12.7. The van der Waals surface area contributed by atoms with Gasteiger partial charge in [0.1, 0.15) is 11.4 Å². The predicted octanol–water partition coefficient (Wildman–Crippen LogP) is 0.860. The van der Waals surface area contributed by atoms with Crippen LogP contribution in [-0.4, -0.2) is 45.1 Å². The van der Waals surface area contributed by atoms with E-state index in [2.05, 4.69) is 4.98 Å². The van der Waals surface area contributed by atoms with Crippen molar-refractivity contribution in [2.24, 2.45) is 0 Å². The van der Waals surface area contributed by atoms with Crippen LogP contribution in [-0.2, 0) is 16.1 Å². The molecule has 3 heterocycles. The number of carbonyl (C=O) groups is 3. The Morgan fingerprint density at radius 3 is 2.59 bits per heavy atom. The van der Waals surface area contributed by atoms with Crippen molar-refractivity contribution in [3.63, 3.8) is 0 Å². The van der Waals surface area contributed by atoms with Gasteiger partial charge in [-0.15, -0.1) is 0 Å². The smallest absolute Gasteiger partial charge is 0.303 e. The van der Waals surface area contributed by atoms with Crippen LogP contribution in [0.4, 0.5) is 0 Å². The first-order chi connectivity index (χ1) is 10.5. The number of aromatic nitrogens is 2. The highest BCUT2D eigenvalue weighted by atomic mass is 16.5. The molecule has 0 N–H and O–H groups in total. The number of hydrogen-bond acceptors (Lipinski definition) is 6. The van der Waals surface area contributed by atoms with Gasteiger partial charge in [-0.3, -0.25) is 14.4 Å². The van der Waals surface area contributed by atoms with Crippen LogP contribution in [0.5, 0.6) is 0 Å². The molecule has 1 atom stereocenters. The second kappa shape index (κ2) is 4.28. The van der Waals surface area contributed by atoms with E-state index in [9.17, 15) is 14.4 Å². The third-order valence-electron chi connectivity index (χ3n) is 4.31. The number of allylic oxidation sites excluding steroid dienone is 2. The van der Waals surface area contributed by atoms with Crippen molar-refractivity contribution in [1.82, 2.24) is 14.5 Å². The Morgan fingerprint density at radius 2 is 1.95 bits per heavy atom. The fourth-order valence-corrected chi connectivity index (χ4v) is 3.24. The van der Waals surface area contributed by atoms with Crippen LogP contribution in [0, 0.1) is 0 Å². The highest BCUT2D eigenvalue weighted by Crippen LogP contribution is 2.37. The van der Waals surface area contributed by atoms with Gasteiger partial charge >= 0.3 is 5.97 Å². The van der Waals surface area contributed by atoms with Crippen molar-refractivity contribution in [2.75, 3.05) is 13.1 Å². The number of nitrogens with zero attached hydrogens (tertiary/aromatic N) is 3. The Bertz CT molecular complexity index is 770. The summed E-state index contributed by atoms with van der Waals surface area (Å²) in [5.74, 6) is -0.246. The van der Waals surface area contributed by atoms with E-state index in [-0.39, 0.29) is 17.3 Å². The number of ketones is 2. The molecular weight excluding hydrogens is 286 g/mol. The summed E-state index contributed by atoms with van der Waals surface area (Å²) in [6.45, 7) is 5.15. The average Bonchev–Trinajstić information content (AvgIpc) is 3.09. The first-order valence-corrected chi connectivity index (χ1v) is 7.32. The molecule has 0 aromatic carbocycles. The largest absolute Gasteiger partial charge is 0.454 e. The Balaban J connectivity index is 1.81. The number of fused-ring (bicyclic) bond motifs is 3. The van der Waals surface area contributed by atoms with E-state index in [4.69, 9.17) is 4.74 Å². The van der Waals surface area contributed by atoms with E-state index >= 15 is 0 Å². The number of Topliss-reactive ketones (excluding diaryl/α,β-unsaturated/α-hetero) is 2. The molecule has 7 nitrogen and oxygen atoms in total. The van der Waals surface area contributed by atoms with E-state index in [0.717, 1.165) is 13.1 Å². The lowest BCUT2D eigenvalue weighted by Gasteiger charge is -2.17. The van der Waals surface area contributed by atoms with Crippen molar-refractivity contribution in [3.05, 3.63) is 28.5 Å². The molecule has 7 heteroatoms. The standard InChI is InChI=1S/C15H15N3O4/c1-7-11(17-5-6-17)14(21)10-12(13(7)20)18-4-3-9(15(18)16-10)22-8(2)19/h9H,3-6H2,1-2H3. The maximum atomic E-state index is 12.7. The van der Waals surface area contributed by atoms with E-state index in [1.54, 1.807) is 11.5 Å². The summed E-state index contributed by atoms with van der Waals surface area (Å²) in [7, 11) is 0. The van der Waals surface area contributed by atoms with E-state index < -0.39 is 12.1 Å². The number of imidazole rings is 1. The third-order valence-corrected chi connectivity index (χ3v) is 4.31. The quantitative estimate of drug-likeness (QED) is 0.595. The third kappa shape index (κ3) is 1.68. The van der Waals surface area contributed by atoms with Crippen LogP contribution < -0.4 is 0 Å². The molecule has 1 saturated heterocycles. The van der Waals surface area contributed by atoms with Crippen LogP contribution >= 0.6 is 0 Å². The van der Waals surface area contributed by atoms with E-state index in [1.165, 1.54) is 6.92 Å². The van der Waals surface area contributed by atoms with Gasteiger partial charge in [-0.05, 0) is 6.92 Å². The number of esters is 1. The molecule has 0 spiro atoms. The first kappa shape index (κ1) is 13.2. The summed E-state index contributed by atoms with van der Waals surface area (Å²) in [5, 5.41) is 0. The van der Waals surface area contributed by atoms with Gasteiger partial charge in [0.15, 0.2) is 11.9 Å². The minimum atomic E-state index is -0.478. The molecule has 1 fully saturated rings. The highest BCUT2D eigenvalue weighted by molar-refractivity contribution is 6.25. The zero-order valence-electron chi connectivity index (χ0n) is 12.4. The van der Waals surface area contributed by atoms with Gasteiger partial charge in [-0.25, -0.2) is 4.98 Å².